The van der Waals surface area contributed by atoms with E-state index in [2.05, 4.69) is 9.88 Å². The highest BCUT2D eigenvalue weighted by Gasteiger charge is 2.48. The van der Waals surface area contributed by atoms with Crippen molar-refractivity contribution in [3.63, 3.8) is 0 Å². The molecule has 0 bridgehead atoms. The molecule has 3 aliphatic heterocycles. The Morgan fingerprint density at radius 2 is 2.15 bits per heavy atom. The Morgan fingerprint density at radius 3 is 2.81 bits per heavy atom. The molecule has 1 spiro atoms. The minimum Gasteiger partial charge on any atom is -0.377 e. The summed E-state index contributed by atoms with van der Waals surface area (Å²) in [7, 11) is 0. The van der Waals surface area contributed by atoms with Gasteiger partial charge in [0.15, 0.2) is 0 Å². The molecule has 3 fully saturated rings. The standard InChI is InChI=1S/C19H24F3N3O2/c20-19(21,22)16-11-14(4-7-23-16)17(26)24-8-2-5-18(13-24)6-9-25(18)12-15-3-1-10-27-15/h4,7,11,15H,1-3,5-6,8-10,12-13H2/t15-,18-/m0/s1. The highest BCUT2D eigenvalue weighted by Crippen LogP contribution is 2.40. The van der Waals surface area contributed by atoms with E-state index in [9.17, 15) is 18.0 Å². The molecule has 5 nitrogen and oxygen atoms in total. The highest BCUT2D eigenvalue weighted by molar-refractivity contribution is 5.94. The lowest BCUT2D eigenvalue weighted by Gasteiger charge is -2.57. The highest BCUT2D eigenvalue weighted by atomic mass is 19.4. The molecule has 27 heavy (non-hydrogen) atoms. The molecule has 2 atom stereocenters. The third kappa shape index (κ3) is 3.69. The maximum absolute atomic E-state index is 12.9. The van der Waals surface area contributed by atoms with Gasteiger partial charge in [-0.25, -0.2) is 0 Å². The molecular formula is C19H24F3N3O2. The minimum atomic E-state index is -4.55. The number of carbonyl (C=O) groups excluding carboxylic acids is 1. The van der Waals surface area contributed by atoms with Crippen molar-refractivity contribution in [1.29, 1.82) is 0 Å². The Labute approximate surface area is 156 Å². The molecule has 3 saturated heterocycles. The van der Waals surface area contributed by atoms with Gasteiger partial charge < -0.3 is 9.64 Å². The molecule has 148 valence electrons. The topological polar surface area (TPSA) is 45.7 Å². The second-order valence-corrected chi connectivity index (χ2v) is 7.81. The first-order valence-corrected chi connectivity index (χ1v) is 9.57. The molecule has 4 heterocycles. The summed E-state index contributed by atoms with van der Waals surface area (Å²) < 4.78 is 44.4. The van der Waals surface area contributed by atoms with Crippen LogP contribution >= 0.6 is 0 Å². The first kappa shape index (κ1) is 18.7. The lowest BCUT2D eigenvalue weighted by Crippen LogP contribution is -2.68. The number of likely N-dealkylation sites (tertiary alicyclic amines) is 2. The normalized spacial score (nSPS) is 29.1. The molecule has 8 heteroatoms. The molecule has 4 rings (SSSR count). The van der Waals surface area contributed by atoms with Crippen LogP contribution < -0.4 is 0 Å². The van der Waals surface area contributed by atoms with E-state index in [4.69, 9.17) is 4.74 Å². The SMILES string of the molecule is O=C(c1ccnc(C(F)(F)F)c1)N1CCC[C@]2(CCN2C[C@@H]2CCCO2)C1. The summed E-state index contributed by atoms with van der Waals surface area (Å²) >= 11 is 0. The van der Waals surface area contributed by atoms with E-state index in [1.165, 1.54) is 6.07 Å². The first-order chi connectivity index (χ1) is 12.9. The summed E-state index contributed by atoms with van der Waals surface area (Å²) in [4.78, 5) is 20.3. The van der Waals surface area contributed by atoms with Gasteiger partial charge in [-0.2, -0.15) is 13.2 Å². The van der Waals surface area contributed by atoms with Crippen molar-refractivity contribution in [3.05, 3.63) is 29.6 Å². The summed E-state index contributed by atoms with van der Waals surface area (Å²) in [6.07, 6.45) is 1.86. The molecule has 1 aromatic rings. The number of hydrogen-bond donors (Lipinski definition) is 0. The van der Waals surface area contributed by atoms with Crippen molar-refractivity contribution in [2.45, 2.75) is 49.9 Å². The Kier molecular flexibility index (Phi) is 4.88. The van der Waals surface area contributed by atoms with Gasteiger partial charge in [0.1, 0.15) is 5.69 Å². The fraction of sp³-hybridized carbons (Fsp3) is 0.684. The molecule has 0 aliphatic carbocycles. The Hall–Kier alpha value is -1.67. The van der Waals surface area contributed by atoms with Crippen LogP contribution in [0.5, 0.6) is 0 Å². The summed E-state index contributed by atoms with van der Waals surface area (Å²) in [6, 6.07) is 2.22. The van der Waals surface area contributed by atoms with Gasteiger partial charge in [-0.1, -0.05) is 0 Å². The molecule has 1 aromatic heterocycles. The number of rotatable bonds is 3. The lowest BCUT2D eigenvalue weighted by atomic mass is 9.77. The second kappa shape index (κ2) is 7.05. The van der Waals surface area contributed by atoms with Gasteiger partial charge in [-0.05, 0) is 44.2 Å². The molecule has 3 aliphatic rings. The van der Waals surface area contributed by atoms with Crippen LogP contribution in [0, 0.1) is 0 Å². The zero-order chi connectivity index (χ0) is 19.1. The number of halogens is 3. The fourth-order valence-electron chi connectivity index (χ4n) is 4.55. The van der Waals surface area contributed by atoms with Gasteiger partial charge >= 0.3 is 6.18 Å². The number of aromatic nitrogens is 1. The van der Waals surface area contributed by atoms with Crippen LogP contribution in [0.25, 0.3) is 0 Å². The molecule has 0 aromatic carbocycles. The fourth-order valence-corrected chi connectivity index (χ4v) is 4.55. The van der Waals surface area contributed by atoms with E-state index in [1.807, 2.05) is 0 Å². The van der Waals surface area contributed by atoms with Crippen LogP contribution in [0.4, 0.5) is 13.2 Å². The predicted molar refractivity (Wildman–Crippen MR) is 92.3 cm³/mol. The van der Waals surface area contributed by atoms with E-state index in [1.54, 1.807) is 4.90 Å². The summed E-state index contributed by atoms with van der Waals surface area (Å²) in [6.45, 7) is 3.85. The predicted octanol–water partition coefficient (Wildman–Crippen LogP) is 2.96. The Balaban J connectivity index is 1.46. The van der Waals surface area contributed by atoms with E-state index in [0.717, 1.165) is 64.1 Å². The van der Waals surface area contributed by atoms with Gasteiger partial charge in [0.05, 0.1) is 6.10 Å². The van der Waals surface area contributed by atoms with Gasteiger partial charge in [0, 0.05) is 50.1 Å². The van der Waals surface area contributed by atoms with Crippen LogP contribution in [0.15, 0.2) is 18.3 Å². The molecule has 0 N–H and O–H groups in total. The van der Waals surface area contributed by atoms with Crippen LogP contribution in [-0.2, 0) is 10.9 Å². The Morgan fingerprint density at radius 1 is 1.30 bits per heavy atom. The zero-order valence-corrected chi connectivity index (χ0v) is 15.2. The third-order valence-electron chi connectivity index (χ3n) is 6.11. The summed E-state index contributed by atoms with van der Waals surface area (Å²) in [5, 5.41) is 0. The minimum absolute atomic E-state index is 0.0419. The Bertz CT molecular complexity index is 706. The maximum atomic E-state index is 12.9. The van der Waals surface area contributed by atoms with E-state index in [-0.39, 0.29) is 23.1 Å². The van der Waals surface area contributed by atoms with Crippen LogP contribution in [0.3, 0.4) is 0 Å². The number of pyridine rings is 1. The first-order valence-electron chi connectivity index (χ1n) is 9.57. The molecule has 0 saturated carbocycles. The molecular weight excluding hydrogens is 359 g/mol. The van der Waals surface area contributed by atoms with E-state index < -0.39 is 11.9 Å². The number of amides is 1. The molecule has 0 unspecified atom stereocenters. The van der Waals surface area contributed by atoms with Crippen molar-refractivity contribution >= 4 is 5.91 Å². The van der Waals surface area contributed by atoms with Crippen molar-refractivity contribution in [2.75, 3.05) is 32.8 Å². The zero-order valence-electron chi connectivity index (χ0n) is 15.2. The number of hydrogen-bond acceptors (Lipinski definition) is 4. The quantitative estimate of drug-likeness (QED) is 0.805. The third-order valence-corrected chi connectivity index (χ3v) is 6.11. The van der Waals surface area contributed by atoms with Crippen molar-refractivity contribution in [2.24, 2.45) is 0 Å². The van der Waals surface area contributed by atoms with Crippen LogP contribution in [-0.4, -0.2) is 65.1 Å². The second-order valence-electron chi connectivity index (χ2n) is 7.81. The van der Waals surface area contributed by atoms with Crippen molar-refractivity contribution in [3.8, 4) is 0 Å². The van der Waals surface area contributed by atoms with Gasteiger partial charge in [0.2, 0.25) is 0 Å². The van der Waals surface area contributed by atoms with Gasteiger partial charge in [-0.15, -0.1) is 0 Å². The average Bonchev–Trinajstić information content (AvgIpc) is 3.18. The van der Waals surface area contributed by atoms with Crippen LogP contribution in [0.1, 0.15) is 48.2 Å². The summed E-state index contributed by atoms with van der Waals surface area (Å²) in [5.74, 6) is -0.342. The smallest absolute Gasteiger partial charge is 0.377 e. The largest absolute Gasteiger partial charge is 0.433 e. The number of alkyl halides is 3. The lowest BCUT2D eigenvalue weighted by molar-refractivity contribution is -0.141. The number of nitrogens with zero attached hydrogens (tertiary/aromatic N) is 3. The van der Waals surface area contributed by atoms with Gasteiger partial charge in [-0.3, -0.25) is 14.7 Å². The number of carbonyl (C=O) groups is 1. The van der Waals surface area contributed by atoms with E-state index in [0.29, 0.717) is 13.1 Å². The monoisotopic (exact) mass is 383 g/mol. The number of piperidine rings is 1. The molecule has 1 amide bonds. The van der Waals surface area contributed by atoms with Crippen molar-refractivity contribution < 1.29 is 22.7 Å². The summed E-state index contributed by atoms with van der Waals surface area (Å²) in [5.41, 5.74) is -1.01. The van der Waals surface area contributed by atoms with E-state index >= 15 is 0 Å². The van der Waals surface area contributed by atoms with Gasteiger partial charge in [0.25, 0.3) is 5.91 Å². The average molecular weight is 383 g/mol. The molecule has 0 radical (unpaired) electrons. The van der Waals surface area contributed by atoms with Crippen molar-refractivity contribution in [1.82, 2.24) is 14.8 Å². The number of ether oxygens (including phenoxy) is 1. The van der Waals surface area contributed by atoms with Crippen LogP contribution in [0.2, 0.25) is 0 Å². The maximum Gasteiger partial charge on any atom is 0.433 e.